The van der Waals surface area contributed by atoms with Gasteiger partial charge in [-0.2, -0.15) is 8.62 Å². The van der Waals surface area contributed by atoms with E-state index in [1.807, 2.05) is 0 Å². The Morgan fingerprint density at radius 3 is 1.84 bits per heavy atom. The highest BCUT2D eigenvalue weighted by Gasteiger charge is 2.43. The second-order valence-corrected chi connectivity index (χ2v) is 10.5. The van der Waals surface area contributed by atoms with Gasteiger partial charge in [0.1, 0.15) is 5.75 Å². The second-order valence-electron chi connectivity index (χ2n) is 6.00. The van der Waals surface area contributed by atoms with Gasteiger partial charge in [-0.15, -0.1) is 0 Å². The van der Waals surface area contributed by atoms with Crippen molar-refractivity contribution in [2.75, 3.05) is 14.2 Å². The van der Waals surface area contributed by atoms with Gasteiger partial charge in [-0.3, -0.25) is 19.2 Å². The summed E-state index contributed by atoms with van der Waals surface area (Å²) in [6.07, 6.45) is -2.50. The van der Waals surface area contributed by atoms with Crippen LogP contribution in [0.4, 0.5) is 5.69 Å². The first-order valence-corrected chi connectivity index (χ1v) is 12.7. The van der Waals surface area contributed by atoms with E-state index < -0.39 is 46.3 Å². The van der Waals surface area contributed by atoms with Gasteiger partial charge >= 0.3 is 29.2 Å². The highest BCUT2D eigenvalue weighted by molar-refractivity contribution is 7.66. The maximum Gasteiger partial charge on any atom is 0.490 e. The maximum absolute atomic E-state index is 12.2. The summed E-state index contributed by atoms with van der Waals surface area (Å²) in [5.74, 6) is -0.184. The quantitative estimate of drug-likeness (QED) is 0.209. The van der Waals surface area contributed by atoms with Crippen LogP contribution in [0.25, 0.3) is 0 Å². The molecule has 18 heteroatoms. The average molecular weight is 509 g/mol. The summed E-state index contributed by atoms with van der Waals surface area (Å²) >= 11 is 0. The van der Waals surface area contributed by atoms with Crippen LogP contribution in [0.1, 0.15) is 32.4 Å². The molecule has 0 aliphatic rings. The summed E-state index contributed by atoms with van der Waals surface area (Å²) in [7, 11) is -13.9. The monoisotopic (exact) mass is 509 g/mol. The number of phosphoric ester groups is 2. The Morgan fingerprint density at radius 2 is 1.42 bits per heavy atom. The van der Waals surface area contributed by atoms with Crippen molar-refractivity contribution < 1.29 is 60.4 Å². The van der Waals surface area contributed by atoms with Crippen LogP contribution in [0.5, 0.6) is 11.5 Å². The summed E-state index contributed by atoms with van der Waals surface area (Å²) in [5, 5.41) is 11.4. The van der Waals surface area contributed by atoms with Crippen LogP contribution in [0.3, 0.4) is 0 Å². The highest BCUT2D eigenvalue weighted by atomic mass is 31.3. The van der Waals surface area contributed by atoms with Crippen LogP contribution in [0.15, 0.2) is 12.1 Å². The molecule has 1 rings (SSSR count). The number of benzene rings is 1. The van der Waals surface area contributed by atoms with Crippen molar-refractivity contribution in [1.29, 1.82) is 0 Å². The van der Waals surface area contributed by atoms with Gasteiger partial charge < -0.3 is 24.2 Å². The molecule has 0 heterocycles. The van der Waals surface area contributed by atoms with Crippen molar-refractivity contribution in [2.45, 2.75) is 33.0 Å². The van der Waals surface area contributed by atoms with Crippen molar-refractivity contribution >= 4 is 29.2 Å². The summed E-state index contributed by atoms with van der Waals surface area (Å²) in [6, 6.07) is 2.30. The average Bonchev–Trinajstić information content (AvgIpc) is 2.56. The van der Waals surface area contributed by atoms with Gasteiger partial charge in [0.2, 0.25) is 5.75 Å². The highest BCUT2D eigenvalue weighted by Crippen LogP contribution is 2.68. The molecule has 0 saturated heterocycles. The largest absolute Gasteiger partial charge is 0.497 e. The smallest absolute Gasteiger partial charge is 0.490 e. The Bertz CT molecular complexity index is 950. The van der Waals surface area contributed by atoms with E-state index in [2.05, 4.69) is 13.1 Å². The molecule has 0 bridgehead atoms. The summed E-state index contributed by atoms with van der Waals surface area (Å²) < 4.78 is 62.5. The van der Waals surface area contributed by atoms with E-state index in [1.54, 1.807) is 0 Å². The first-order valence-electron chi connectivity index (χ1n) is 8.20. The van der Waals surface area contributed by atoms with Crippen LogP contribution >= 0.6 is 23.5 Å². The third-order valence-electron chi connectivity index (χ3n) is 3.20. The Labute approximate surface area is 176 Å². The molecular weight excluding hydrogens is 487 g/mol. The number of methoxy groups -OCH3 is 2. The molecular formula is C13H22NO14P3. The minimum atomic E-state index is -5.66. The lowest BCUT2D eigenvalue weighted by Crippen LogP contribution is -2.07. The molecule has 0 saturated carbocycles. The molecule has 1 aromatic rings. The number of ether oxygens (including phenoxy) is 2. The SMILES string of the molecule is COc1cc(OC)c([N+](=O)[O-])c(C(C)OP(=O)(O)OP(=O)(O)OP(=O)(O)OC(C)C)c1. The number of rotatable bonds is 12. The number of nitro groups is 1. The molecule has 178 valence electrons. The van der Waals surface area contributed by atoms with E-state index in [-0.39, 0.29) is 17.1 Å². The first kappa shape index (κ1) is 27.7. The van der Waals surface area contributed by atoms with Crippen LogP contribution in [-0.4, -0.2) is 39.9 Å². The number of nitrogens with zero attached hydrogens (tertiary/aromatic N) is 1. The Balaban J connectivity index is 3.16. The number of phosphoric acid groups is 3. The lowest BCUT2D eigenvalue weighted by molar-refractivity contribution is -0.387. The molecule has 0 aromatic heterocycles. The molecule has 3 N–H and O–H groups in total. The van der Waals surface area contributed by atoms with E-state index >= 15 is 0 Å². The van der Waals surface area contributed by atoms with Crippen molar-refractivity contribution in [2.24, 2.45) is 0 Å². The van der Waals surface area contributed by atoms with Crippen molar-refractivity contribution in [3.63, 3.8) is 0 Å². The van der Waals surface area contributed by atoms with Gasteiger partial charge in [0, 0.05) is 6.07 Å². The fourth-order valence-corrected chi connectivity index (χ4v) is 6.05. The first-order chi connectivity index (χ1) is 14.0. The molecule has 0 amide bonds. The fraction of sp³-hybridized carbons (Fsp3) is 0.538. The normalized spacial score (nSPS) is 18.5. The van der Waals surface area contributed by atoms with Gasteiger partial charge in [0.15, 0.2) is 0 Å². The van der Waals surface area contributed by atoms with Crippen molar-refractivity contribution in [3.8, 4) is 11.5 Å². The Morgan fingerprint density at radius 1 is 0.903 bits per heavy atom. The van der Waals surface area contributed by atoms with Gasteiger partial charge in [0.25, 0.3) is 0 Å². The third-order valence-corrected chi connectivity index (χ3v) is 7.77. The predicted molar refractivity (Wildman–Crippen MR) is 104 cm³/mol. The zero-order chi connectivity index (χ0) is 24.2. The zero-order valence-electron chi connectivity index (χ0n) is 16.9. The van der Waals surface area contributed by atoms with Crippen LogP contribution in [-0.2, 0) is 31.4 Å². The Hall–Kier alpha value is -1.37. The number of hydrogen-bond acceptors (Lipinski definition) is 11. The summed E-state index contributed by atoms with van der Waals surface area (Å²) in [6.45, 7) is 3.72. The van der Waals surface area contributed by atoms with Crippen LogP contribution in [0.2, 0.25) is 0 Å². The Kier molecular flexibility index (Phi) is 9.37. The van der Waals surface area contributed by atoms with Gasteiger partial charge in [-0.25, -0.2) is 13.7 Å². The second kappa shape index (κ2) is 10.5. The zero-order valence-corrected chi connectivity index (χ0v) is 19.6. The molecule has 15 nitrogen and oxygen atoms in total. The lowest BCUT2D eigenvalue weighted by Gasteiger charge is -2.21. The number of nitro benzene ring substituents is 1. The molecule has 4 unspecified atom stereocenters. The summed E-state index contributed by atoms with van der Waals surface area (Å²) in [5.41, 5.74) is -0.937. The van der Waals surface area contributed by atoms with E-state index in [0.29, 0.717) is 0 Å². The minimum absolute atomic E-state index is 0.0739. The van der Waals surface area contributed by atoms with Gasteiger partial charge in [0.05, 0.1) is 36.9 Å². The molecule has 4 atom stereocenters. The van der Waals surface area contributed by atoms with E-state index in [0.717, 1.165) is 20.1 Å². The van der Waals surface area contributed by atoms with E-state index in [4.69, 9.17) is 14.0 Å². The molecule has 0 spiro atoms. The lowest BCUT2D eigenvalue weighted by atomic mass is 10.1. The van der Waals surface area contributed by atoms with Crippen molar-refractivity contribution in [1.82, 2.24) is 0 Å². The van der Waals surface area contributed by atoms with Gasteiger partial charge in [-0.1, -0.05) is 0 Å². The van der Waals surface area contributed by atoms with Crippen LogP contribution < -0.4 is 9.47 Å². The topological polar surface area (TPSA) is 210 Å². The molecule has 0 radical (unpaired) electrons. The van der Waals surface area contributed by atoms with E-state index in [9.17, 15) is 38.5 Å². The van der Waals surface area contributed by atoms with Crippen LogP contribution in [0, 0.1) is 10.1 Å². The third kappa shape index (κ3) is 8.59. The fourth-order valence-electron chi connectivity index (χ4n) is 2.22. The van der Waals surface area contributed by atoms with Gasteiger partial charge in [-0.05, 0) is 26.8 Å². The van der Waals surface area contributed by atoms with Crippen molar-refractivity contribution in [3.05, 3.63) is 27.8 Å². The molecule has 1 aromatic carbocycles. The molecule has 0 aliphatic carbocycles. The standard InChI is InChI=1S/C13H22NO14P3/c1-8(2)25-29(17,18)27-31(21,22)28-30(19,20)26-9(3)11-6-10(23-4)7-12(24-5)13(11)14(15)16/h6-9H,1-5H3,(H,17,18)(H,19,20)(H,21,22). The molecule has 0 fully saturated rings. The molecule has 31 heavy (non-hydrogen) atoms. The maximum atomic E-state index is 12.2. The van der Waals surface area contributed by atoms with E-state index in [1.165, 1.54) is 27.0 Å². The predicted octanol–water partition coefficient (Wildman–Crippen LogP) is 3.45. The summed E-state index contributed by atoms with van der Waals surface area (Å²) in [4.78, 5) is 39.3. The number of hydrogen-bond donors (Lipinski definition) is 3. The minimum Gasteiger partial charge on any atom is -0.497 e. The molecule has 0 aliphatic heterocycles.